The van der Waals surface area contributed by atoms with Gasteiger partial charge in [0.25, 0.3) is 0 Å². The van der Waals surface area contributed by atoms with E-state index in [9.17, 15) is 19.0 Å². The lowest BCUT2D eigenvalue weighted by Crippen LogP contribution is -2.47. The number of likely N-dealkylation sites (N-methyl/N-ethyl adjacent to an activating group) is 1. The zero-order valence-electron chi connectivity index (χ0n) is 46.4. The SMILES string of the molecule is CC/C=C/C=C/C=C\CCCCCCCC(=O)OC(/C=C\CCCCCCCCCCCCC)C(COP(=O)(O)OCC[N+](C)(C)C)NC(=O)CCCCC/C=C\C/C=C\C/C=C\C/C=C\CCCCC. The third kappa shape index (κ3) is 51.6. The van der Waals surface area contributed by atoms with Crippen LogP contribution in [0, 0.1) is 0 Å². The second kappa shape index (κ2) is 50.5. The summed E-state index contributed by atoms with van der Waals surface area (Å²) in [5.41, 5.74) is 0. The Bertz CT molecular complexity index is 1540. The molecule has 71 heavy (non-hydrogen) atoms. The van der Waals surface area contributed by atoms with Gasteiger partial charge in [0, 0.05) is 12.8 Å². The lowest BCUT2D eigenvalue weighted by molar-refractivity contribution is -0.870. The number of quaternary nitrogens is 1. The molecule has 0 radical (unpaired) electrons. The molecule has 408 valence electrons. The summed E-state index contributed by atoms with van der Waals surface area (Å²) in [7, 11) is 1.45. The van der Waals surface area contributed by atoms with Crippen molar-refractivity contribution in [3.63, 3.8) is 0 Å². The number of carbonyl (C=O) groups is 2. The van der Waals surface area contributed by atoms with Crippen molar-refractivity contribution in [1.82, 2.24) is 5.32 Å². The van der Waals surface area contributed by atoms with Crippen molar-refractivity contribution in [2.45, 2.75) is 238 Å². The van der Waals surface area contributed by atoms with E-state index in [1.807, 2.05) is 39.4 Å². The third-order valence-corrected chi connectivity index (χ3v) is 13.1. The first-order valence-corrected chi connectivity index (χ1v) is 30.1. The van der Waals surface area contributed by atoms with Crippen LogP contribution in [0.2, 0.25) is 0 Å². The maximum absolute atomic E-state index is 13.5. The number of nitrogens with zero attached hydrogens (tertiary/aromatic N) is 1. The van der Waals surface area contributed by atoms with Crippen LogP contribution in [-0.4, -0.2) is 74.3 Å². The number of allylic oxidation sites excluding steroid dienone is 15. The maximum Gasteiger partial charge on any atom is 0.472 e. The minimum absolute atomic E-state index is 0.0254. The van der Waals surface area contributed by atoms with Crippen LogP contribution >= 0.6 is 7.82 Å². The summed E-state index contributed by atoms with van der Waals surface area (Å²) >= 11 is 0. The molecule has 0 fully saturated rings. The molecule has 9 nitrogen and oxygen atoms in total. The molecule has 0 aliphatic rings. The first-order chi connectivity index (χ1) is 34.4. The first-order valence-electron chi connectivity index (χ1n) is 28.6. The summed E-state index contributed by atoms with van der Waals surface area (Å²) in [5, 5.41) is 3.02. The van der Waals surface area contributed by atoms with Gasteiger partial charge in [-0.3, -0.25) is 18.6 Å². The van der Waals surface area contributed by atoms with Crippen molar-refractivity contribution in [3.05, 3.63) is 97.2 Å². The lowest BCUT2D eigenvalue weighted by Gasteiger charge is -2.27. The molecule has 0 saturated carbocycles. The Hall–Kier alpha value is -3.07. The molecule has 2 N–H and O–H groups in total. The first kappa shape index (κ1) is 67.9. The topological polar surface area (TPSA) is 111 Å². The Morgan fingerprint density at radius 1 is 0.521 bits per heavy atom. The molecule has 0 bridgehead atoms. The number of phosphoric acid groups is 1. The lowest BCUT2D eigenvalue weighted by atomic mass is 10.0. The van der Waals surface area contributed by atoms with Crippen LogP contribution in [-0.2, 0) is 27.9 Å². The molecular weight excluding hydrogens is 904 g/mol. The summed E-state index contributed by atoms with van der Waals surface area (Å²) < 4.78 is 30.6. The number of unbranched alkanes of at least 4 members (excludes halogenated alkanes) is 22. The number of rotatable bonds is 50. The van der Waals surface area contributed by atoms with Gasteiger partial charge >= 0.3 is 13.8 Å². The Kier molecular flexibility index (Phi) is 48.3. The Balaban J connectivity index is 5.45. The quantitative estimate of drug-likeness (QED) is 0.0156. The van der Waals surface area contributed by atoms with Gasteiger partial charge in [-0.1, -0.05) is 215 Å². The summed E-state index contributed by atoms with van der Waals surface area (Å²) in [4.78, 5) is 37.6. The van der Waals surface area contributed by atoms with E-state index < -0.39 is 20.0 Å². The molecule has 0 aliphatic carbocycles. The van der Waals surface area contributed by atoms with Crippen LogP contribution < -0.4 is 5.32 Å². The molecule has 0 aromatic rings. The molecule has 0 spiro atoms. The van der Waals surface area contributed by atoms with Gasteiger partial charge in [-0.25, -0.2) is 4.57 Å². The van der Waals surface area contributed by atoms with Gasteiger partial charge in [-0.05, 0) is 96.0 Å². The minimum Gasteiger partial charge on any atom is -0.456 e. The van der Waals surface area contributed by atoms with E-state index in [1.54, 1.807) is 0 Å². The minimum atomic E-state index is -4.46. The fourth-order valence-corrected chi connectivity index (χ4v) is 8.36. The van der Waals surface area contributed by atoms with Crippen molar-refractivity contribution in [2.75, 3.05) is 40.9 Å². The average Bonchev–Trinajstić information content (AvgIpc) is 3.33. The van der Waals surface area contributed by atoms with E-state index in [1.165, 1.54) is 83.5 Å². The summed E-state index contributed by atoms with van der Waals surface area (Å²) in [6, 6.07) is -0.878. The summed E-state index contributed by atoms with van der Waals surface area (Å²) in [6.07, 6.45) is 66.9. The van der Waals surface area contributed by atoms with Gasteiger partial charge in [-0.15, -0.1) is 0 Å². The molecule has 0 aliphatic heterocycles. The standard InChI is InChI=1S/C61H107N2O7P/c1-7-10-13-16-19-22-25-28-29-30-31-32-33-36-38-41-44-47-50-53-60(64)62-58(57-69-71(66,67)68-56-55-63(4,5)6)59(52-49-46-43-40-37-34-26-23-20-17-14-11-8-2)70-61(65)54-51-48-45-42-39-35-27-24-21-18-15-12-9-3/h12,15,18-19,21-22,24,27-29,31-32,36,38,49,52,58-59H,7-11,13-14,16-17,20,23,25-26,30,33-35,37,39-48,50-51,53-57H2,1-6H3,(H-,62,64,66,67)/p+1/b15-12+,21-18+,22-19-,27-24-,29-28-,32-31-,38-36-,52-49-. The van der Waals surface area contributed by atoms with Gasteiger partial charge in [0.05, 0.1) is 33.8 Å². The molecule has 0 aromatic carbocycles. The normalized spacial score (nSPS) is 14.5. The number of nitrogens with one attached hydrogen (secondary N) is 1. The highest BCUT2D eigenvalue weighted by Gasteiger charge is 2.30. The molecule has 0 aromatic heterocycles. The predicted octanol–water partition coefficient (Wildman–Crippen LogP) is 17.2. The number of carbonyl (C=O) groups excluding carboxylic acids is 2. The van der Waals surface area contributed by atoms with Crippen LogP contribution in [0.25, 0.3) is 0 Å². The second-order valence-electron chi connectivity index (χ2n) is 20.1. The van der Waals surface area contributed by atoms with Crippen LogP contribution in [0.3, 0.4) is 0 Å². The number of esters is 1. The van der Waals surface area contributed by atoms with E-state index in [2.05, 4.69) is 105 Å². The molecule has 10 heteroatoms. The smallest absolute Gasteiger partial charge is 0.456 e. The van der Waals surface area contributed by atoms with Gasteiger partial charge in [0.1, 0.15) is 19.3 Å². The zero-order valence-corrected chi connectivity index (χ0v) is 47.3. The highest BCUT2D eigenvalue weighted by molar-refractivity contribution is 7.47. The Labute approximate surface area is 437 Å². The van der Waals surface area contributed by atoms with Crippen molar-refractivity contribution in [1.29, 1.82) is 0 Å². The number of hydrogen-bond acceptors (Lipinski definition) is 6. The van der Waals surface area contributed by atoms with E-state index in [0.29, 0.717) is 23.9 Å². The Morgan fingerprint density at radius 2 is 0.958 bits per heavy atom. The highest BCUT2D eigenvalue weighted by Crippen LogP contribution is 2.43. The van der Waals surface area contributed by atoms with Gasteiger partial charge in [-0.2, -0.15) is 0 Å². The number of ether oxygens (including phenoxy) is 1. The molecule has 0 rings (SSSR count). The largest absolute Gasteiger partial charge is 0.472 e. The predicted molar refractivity (Wildman–Crippen MR) is 304 cm³/mol. The van der Waals surface area contributed by atoms with Crippen molar-refractivity contribution < 1.29 is 37.3 Å². The fourth-order valence-electron chi connectivity index (χ4n) is 7.63. The number of hydrogen-bond donors (Lipinski definition) is 2. The Morgan fingerprint density at radius 3 is 1.51 bits per heavy atom. The average molecular weight is 1010 g/mol. The van der Waals surface area contributed by atoms with E-state index in [-0.39, 0.29) is 37.9 Å². The van der Waals surface area contributed by atoms with Crippen LogP contribution in [0.15, 0.2) is 97.2 Å². The zero-order chi connectivity index (χ0) is 52.2. The van der Waals surface area contributed by atoms with Crippen LogP contribution in [0.1, 0.15) is 226 Å². The third-order valence-electron chi connectivity index (χ3n) is 12.1. The van der Waals surface area contributed by atoms with E-state index in [4.69, 9.17) is 13.8 Å². The molecule has 3 atom stereocenters. The second-order valence-corrected chi connectivity index (χ2v) is 21.6. The molecule has 0 saturated heterocycles. The summed E-state index contributed by atoms with van der Waals surface area (Å²) in [6.45, 7) is 6.79. The van der Waals surface area contributed by atoms with Crippen molar-refractivity contribution in [2.24, 2.45) is 0 Å². The van der Waals surface area contributed by atoms with E-state index in [0.717, 1.165) is 96.3 Å². The van der Waals surface area contributed by atoms with Crippen LogP contribution in [0.5, 0.6) is 0 Å². The van der Waals surface area contributed by atoms with E-state index >= 15 is 0 Å². The van der Waals surface area contributed by atoms with Gasteiger partial charge in [0.2, 0.25) is 5.91 Å². The molecular formula is C61H108N2O7P+. The molecule has 3 unspecified atom stereocenters. The number of amides is 1. The number of phosphoric ester groups is 1. The van der Waals surface area contributed by atoms with Gasteiger partial charge < -0.3 is 19.4 Å². The fraction of sp³-hybridized carbons (Fsp3) is 0.705. The molecule has 1 amide bonds. The molecule has 0 heterocycles. The van der Waals surface area contributed by atoms with Crippen molar-refractivity contribution >= 4 is 19.7 Å². The van der Waals surface area contributed by atoms with Gasteiger partial charge in [0.15, 0.2) is 0 Å². The summed E-state index contributed by atoms with van der Waals surface area (Å²) in [5.74, 6) is -0.572. The highest BCUT2D eigenvalue weighted by atomic mass is 31.2. The van der Waals surface area contributed by atoms with Crippen LogP contribution in [0.4, 0.5) is 0 Å². The monoisotopic (exact) mass is 1010 g/mol. The maximum atomic E-state index is 13.5. The van der Waals surface area contributed by atoms with Crippen molar-refractivity contribution in [3.8, 4) is 0 Å².